The molecule has 1 fully saturated rings. The third-order valence-corrected chi connectivity index (χ3v) is 4.47. The lowest BCUT2D eigenvalue weighted by Gasteiger charge is -2.27. The first-order chi connectivity index (χ1) is 8.00. The van der Waals surface area contributed by atoms with Gasteiger partial charge < -0.3 is 10.1 Å². The minimum Gasteiger partial charge on any atom is -0.378 e. The molecule has 0 radical (unpaired) electrons. The summed E-state index contributed by atoms with van der Waals surface area (Å²) in [5.41, 5.74) is 0.913. The van der Waals surface area contributed by atoms with Gasteiger partial charge in [0.1, 0.15) is 0 Å². The summed E-state index contributed by atoms with van der Waals surface area (Å²) < 4.78 is 29.9. The normalized spacial score (nSPS) is 16.9. The summed E-state index contributed by atoms with van der Waals surface area (Å²) in [7, 11) is -0.291. The van der Waals surface area contributed by atoms with Crippen molar-refractivity contribution in [1.29, 1.82) is 0 Å². The summed E-state index contributed by atoms with van der Waals surface area (Å²) in [5.74, 6) is 0. The second-order valence-electron chi connectivity index (χ2n) is 4.19. The molecular weight excluding hydrogens is 240 g/mol. The van der Waals surface area contributed by atoms with Crippen molar-refractivity contribution in [1.82, 2.24) is 4.31 Å². The topological polar surface area (TPSA) is 58.6 Å². The van der Waals surface area contributed by atoms with E-state index in [0.717, 1.165) is 5.69 Å². The van der Waals surface area contributed by atoms with Crippen LogP contribution < -0.4 is 5.32 Å². The number of nitrogens with one attached hydrogen (secondary N) is 1. The molecule has 0 aliphatic carbocycles. The molecule has 0 saturated carbocycles. The van der Waals surface area contributed by atoms with E-state index in [1.54, 1.807) is 24.3 Å². The van der Waals surface area contributed by atoms with Crippen molar-refractivity contribution in [3.05, 3.63) is 24.3 Å². The molecule has 17 heavy (non-hydrogen) atoms. The lowest BCUT2D eigenvalue weighted by molar-refractivity contribution is 0.0211. The van der Waals surface area contributed by atoms with Crippen molar-refractivity contribution in [2.45, 2.75) is 10.9 Å². The molecule has 1 aromatic carbocycles. The summed E-state index contributed by atoms with van der Waals surface area (Å²) in [5, 5.41) is 3.25. The lowest BCUT2D eigenvalue weighted by Crippen LogP contribution is -2.40. The van der Waals surface area contributed by atoms with Crippen LogP contribution in [0.25, 0.3) is 0 Å². The van der Waals surface area contributed by atoms with Gasteiger partial charge in [0.25, 0.3) is 0 Å². The molecule has 0 aromatic heterocycles. The molecule has 94 valence electrons. The zero-order chi connectivity index (χ0) is 12.5. The first-order valence-corrected chi connectivity index (χ1v) is 6.81. The lowest BCUT2D eigenvalue weighted by atomic mass is 10.2. The second-order valence-corrected chi connectivity index (χ2v) is 6.34. The van der Waals surface area contributed by atoms with Crippen LogP contribution in [-0.4, -0.2) is 46.1 Å². The van der Waals surface area contributed by atoms with Crippen LogP contribution in [0.2, 0.25) is 0 Å². The average Bonchev–Trinajstić information content (AvgIpc) is 2.24. The smallest absolute Gasteiger partial charge is 0.242 e. The fourth-order valence-corrected chi connectivity index (χ4v) is 2.39. The number of sulfonamides is 1. The molecule has 0 spiro atoms. The summed E-state index contributed by atoms with van der Waals surface area (Å²) >= 11 is 0. The summed E-state index contributed by atoms with van der Waals surface area (Å²) in [6, 6.07) is 7.10. The minimum absolute atomic E-state index is 0.304. The van der Waals surface area contributed by atoms with E-state index in [4.69, 9.17) is 4.74 Å². The zero-order valence-corrected chi connectivity index (χ0v) is 10.7. The third-order valence-electron chi connectivity index (χ3n) is 2.64. The van der Waals surface area contributed by atoms with Crippen LogP contribution in [0.3, 0.4) is 0 Å². The predicted octanol–water partition coefficient (Wildman–Crippen LogP) is 0.748. The predicted molar refractivity (Wildman–Crippen MR) is 65.5 cm³/mol. The highest BCUT2D eigenvalue weighted by molar-refractivity contribution is 7.89. The van der Waals surface area contributed by atoms with Crippen LogP contribution in [0.5, 0.6) is 0 Å². The maximum atomic E-state index is 11.8. The maximum absolute atomic E-state index is 11.8. The molecule has 1 aliphatic rings. The monoisotopic (exact) mass is 256 g/mol. The standard InChI is InChI=1S/C11H16N2O3S/c1-13(2)17(14,15)11-5-3-9(4-6-11)12-10-7-16-8-10/h3-6,10,12H,7-8H2,1-2H3. The van der Waals surface area contributed by atoms with E-state index in [0.29, 0.717) is 24.2 Å². The Balaban J connectivity index is 2.12. The molecule has 1 heterocycles. The van der Waals surface area contributed by atoms with Crippen molar-refractivity contribution < 1.29 is 13.2 Å². The molecule has 1 N–H and O–H groups in total. The van der Waals surface area contributed by atoms with Crippen molar-refractivity contribution >= 4 is 15.7 Å². The highest BCUT2D eigenvalue weighted by atomic mass is 32.2. The van der Waals surface area contributed by atoms with Gasteiger partial charge in [-0.25, -0.2) is 12.7 Å². The molecule has 0 bridgehead atoms. The van der Waals surface area contributed by atoms with Gasteiger partial charge in [-0.15, -0.1) is 0 Å². The Morgan fingerprint density at radius 2 is 1.82 bits per heavy atom. The van der Waals surface area contributed by atoms with E-state index < -0.39 is 10.0 Å². The highest BCUT2D eigenvalue weighted by Gasteiger charge is 2.19. The fourth-order valence-electron chi connectivity index (χ4n) is 1.49. The van der Waals surface area contributed by atoms with Gasteiger partial charge in [0.05, 0.1) is 24.2 Å². The van der Waals surface area contributed by atoms with E-state index in [1.165, 1.54) is 18.4 Å². The van der Waals surface area contributed by atoms with Crippen molar-refractivity contribution in [3.63, 3.8) is 0 Å². The molecule has 2 rings (SSSR count). The summed E-state index contributed by atoms with van der Waals surface area (Å²) in [6.07, 6.45) is 0. The third kappa shape index (κ3) is 2.59. The van der Waals surface area contributed by atoms with Gasteiger partial charge in [-0.3, -0.25) is 0 Å². The van der Waals surface area contributed by atoms with Gasteiger partial charge in [-0.1, -0.05) is 0 Å². The Labute approximate surface area is 101 Å². The molecule has 0 amide bonds. The molecule has 0 unspecified atom stereocenters. The van der Waals surface area contributed by atoms with Gasteiger partial charge >= 0.3 is 0 Å². The van der Waals surface area contributed by atoms with Gasteiger partial charge in [0.2, 0.25) is 10.0 Å². The fraction of sp³-hybridized carbons (Fsp3) is 0.455. The number of hydrogen-bond acceptors (Lipinski definition) is 4. The van der Waals surface area contributed by atoms with Gasteiger partial charge in [0.15, 0.2) is 0 Å². The van der Waals surface area contributed by atoms with Crippen LogP contribution in [0.1, 0.15) is 0 Å². The van der Waals surface area contributed by atoms with E-state index >= 15 is 0 Å². The Kier molecular flexibility index (Phi) is 3.37. The summed E-state index contributed by atoms with van der Waals surface area (Å²) in [4.78, 5) is 0.304. The first kappa shape index (κ1) is 12.3. The molecule has 5 nitrogen and oxygen atoms in total. The van der Waals surface area contributed by atoms with Crippen LogP contribution in [0.15, 0.2) is 29.2 Å². The van der Waals surface area contributed by atoms with Gasteiger partial charge in [-0.2, -0.15) is 0 Å². The van der Waals surface area contributed by atoms with Gasteiger partial charge in [0, 0.05) is 19.8 Å². The van der Waals surface area contributed by atoms with Crippen molar-refractivity contribution in [2.24, 2.45) is 0 Å². The molecule has 6 heteroatoms. The Bertz CT molecular complexity index is 478. The Morgan fingerprint density at radius 3 is 2.24 bits per heavy atom. The van der Waals surface area contributed by atoms with E-state index in [2.05, 4.69) is 5.32 Å². The van der Waals surface area contributed by atoms with Crippen molar-refractivity contribution in [2.75, 3.05) is 32.6 Å². The van der Waals surface area contributed by atoms with Crippen LogP contribution in [-0.2, 0) is 14.8 Å². The Morgan fingerprint density at radius 1 is 1.24 bits per heavy atom. The highest BCUT2D eigenvalue weighted by Crippen LogP contribution is 2.18. The van der Waals surface area contributed by atoms with Crippen molar-refractivity contribution in [3.8, 4) is 0 Å². The van der Waals surface area contributed by atoms with E-state index in [9.17, 15) is 8.42 Å². The van der Waals surface area contributed by atoms with E-state index in [-0.39, 0.29) is 0 Å². The SMILES string of the molecule is CN(C)S(=O)(=O)c1ccc(NC2COC2)cc1. The largest absolute Gasteiger partial charge is 0.378 e. The average molecular weight is 256 g/mol. The van der Waals surface area contributed by atoms with Crippen LogP contribution in [0, 0.1) is 0 Å². The molecule has 1 aromatic rings. The first-order valence-electron chi connectivity index (χ1n) is 5.37. The quantitative estimate of drug-likeness (QED) is 0.863. The molecule has 1 saturated heterocycles. The zero-order valence-electron chi connectivity index (χ0n) is 9.88. The van der Waals surface area contributed by atoms with Gasteiger partial charge in [-0.05, 0) is 24.3 Å². The van der Waals surface area contributed by atoms with Crippen LogP contribution in [0.4, 0.5) is 5.69 Å². The minimum atomic E-state index is -3.33. The molecule has 1 aliphatic heterocycles. The number of benzene rings is 1. The van der Waals surface area contributed by atoms with E-state index in [1.807, 2.05) is 0 Å². The Hall–Kier alpha value is -1.11. The number of anilines is 1. The maximum Gasteiger partial charge on any atom is 0.242 e. The second kappa shape index (κ2) is 4.64. The number of hydrogen-bond donors (Lipinski definition) is 1. The number of rotatable bonds is 4. The van der Waals surface area contributed by atoms with Crippen LogP contribution >= 0.6 is 0 Å². The number of ether oxygens (including phenoxy) is 1. The summed E-state index contributed by atoms with van der Waals surface area (Å²) in [6.45, 7) is 1.41. The molecular formula is C11H16N2O3S. The molecule has 0 atom stereocenters. The number of nitrogens with zero attached hydrogens (tertiary/aromatic N) is 1.